The molecule has 74 valence electrons. The molecular formula is C8H5KO6. The van der Waals surface area contributed by atoms with Crippen LogP contribution < -0.4 is 66.9 Å². The first-order valence-corrected chi connectivity index (χ1v) is 3.54. The molecule has 15 heavy (non-hydrogen) atoms. The third kappa shape index (κ3) is 4.27. The van der Waals surface area contributed by atoms with Gasteiger partial charge in [-0.05, 0) is 12.1 Å². The fourth-order valence-corrected chi connectivity index (χ4v) is 0.744. The molecule has 0 aromatic carbocycles. The van der Waals surface area contributed by atoms with E-state index >= 15 is 0 Å². The Hall–Kier alpha value is -0.474. The van der Waals surface area contributed by atoms with E-state index in [4.69, 9.17) is 0 Å². The maximum absolute atomic E-state index is 10.9. The van der Waals surface area contributed by atoms with Crippen LogP contribution in [0.25, 0.3) is 0 Å². The summed E-state index contributed by atoms with van der Waals surface area (Å²) < 4.78 is 8.70. The largest absolute Gasteiger partial charge is 1.00 e. The Labute approximate surface area is 127 Å². The maximum Gasteiger partial charge on any atom is 1.00 e. The third-order valence-corrected chi connectivity index (χ3v) is 1.24. The quantitative estimate of drug-likeness (QED) is 0.383. The van der Waals surface area contributed by atoms with E-state index in [-0.39, 0.29) is 57.1 Å². The van der Waals surface area contributed by atoms with Crippen LogP contribution in [0, 0.1) is 0 Å². The summed E-state index contributed by atoms with van der Waals surface area (Å²) in [6.45, 7) is 1.10. The predicted octanol–water partition coefficient (Wildman–Crippen LogP) is -4.07. The van der Waals surface area contributed by atoms with Crippen LogP contribution in [0.15, 0.2) is 21.3 Å². The first-order chi connectivity index (χ1) is 6.50. The van der Waals surface area contributed by atoms with Gasteiger partial charge in [0.25, 0.3) is 0 Å². The number of rotatable bonds is 2. The van der Waals surface area contributed by atoms with E-state index in [9.17, 15) is 19.5 Å². The molecule has 1 rings (SSSR count). The van der Waals surface area contributed by atoms with Gasteiger partial charge in [-0.15, -0.1) is 0 Å². The zero-order valence-corrected chi connectivity index (χ0v) is 11.2. The van der Waals surface area contributed by atoms with Crippen molar-refractivity contribution in [3.05, 3.63) is 28.3 Å². The van der Waals surface area contributed by atoms with E-state index in [0.29, 0.717) is 0 Å². The number of carboxylic acid groups (broad SMARTS) is 1. The Morgan fingerprint density at radius 2 is 2.00 bits per heavy atom. The Kier molecular flexibility index (Phi) is 5.99. The fourth-order valence-electron chi connectivity index (χ4n) is 0.744. The molecule has 7 heteroatoms. The molecule has 1 heterocycles. The first kappa shape index (κ1) is 14.5. The molecule has 0 aliphatic rings. The fraction of sp³-hybridized carbons (Fsp3) is 0.125. The molecule has 0 amide bonds. The van der Waals surface area contributed by atoms with Crippen molar-refractivity contribution in [1.82, 2.24) is 0 Å². The van der Waals surface area contributed by atoms with Gasteiger partial charge in [-0.1, -0.05) is 0 Å². The van der Waals surface area contributed by atoms with Crippen molar-refractivity contribution in [3.63, 3.8) is 0 Å². The molecule has 0 saturated carbocycles. The monoisotopic (exact) mass is 236 g/mol. The van der Waals surface area contributed by atoms with Gasteiger partial charge in [0.15, 0.2) is 5.76 Å². The molecule has 6 nitrogen and oxygen atoms in total. The average Bonchev–Trinajstić information content (AvgIpc) is 2.07. The average molecular weight is 236 g/mol. The van der Waals surface area contributed by atoms with Crippen LogP contribution in [0.4, 0.5) is 0 Å². The molecule has 0 aliphatic carbocycles. The van der Waals surface area contributed by atoms with Gasteiger partial charge in [-0.25, -0.2) is 4.79 Å². The Morgan fingerprint density at radius 3 is 2.40 bits per heavy atom. The summed E-state index contributed by atoms with van der Waals surface area (Å²) in [5, 5.41) is 10.2. The van der Waals surface area contributed by atoms with Gasteiger partial charge in [-0.3, -0.25) is 4.79 Å². The van der Waals surface area contributed by atoms with E-state index in [0.717, 1.165) is 19.1 Å². The Balaban J connectivity index is 0.00000196. The van der Waals surface area contributed by atoms with Gasteiger partial charge in [0, 0.05) is 6.92 Å². The molecular weight excluding hydrogens is 231 g/mol. The second-order valence-corrected chi connectivity index (χ2v) is 2.33. The van der Waals surface area contributed by atoms with Gasteiger partial charge in [0.2, 0.25) is 5.75 Å². The van der Waals surface area contributed by atoms with Crippen molar-refractivity contribution >= 4 is 11.9 Å². The van der Waals surface area contributed by atoms with Crippen LogP contribution in [-0.4, -0.2) is 11.9 Å². The second kappa shape index (κ2) is 6.18. The standard InChI is InChI=1S/C8H6O6.K/c1-4(9)13-6-3-2-5(7(10)11)14-8(6)12;/h2-3H,1H3,(H,10,11);/q;+1/p-1. The molecule has 0 fully saturated rings. The van der Waals surface area contributed by atoms with Gasteiger partial charge < -0.3 is 19.1 Å². The van der Waals surface area contributed by atoms with Gasteiger partial charge in [0.1, 0.15) is 5.97 Å². The SMILES string of the molecule is CC(=O)Oc1ccc(C(=O)[O-])oc1=O.[K+]. The van der Waals surface area contributed by atoms with E-state index in [2.05, 4.69) is 9.15 Å². The number of carboxylic acids is 1. The summed E-state index contributed by atoms with van der Waals surface area (Å²) in [5.41, 5.74) is -1.04. The Morgan fingerprint density at radius 1 is 1.40 bits per heavy atom. The van der Waals surface area contributed by atoms with Gasteiger partial charge in [0.05, 0.1) is 0 Å². The molecule has 0 unspecified atom stereocenters. The minimum atomic E-state index is -1.61. The van der Waals surface area contributed by atoms with Crippen molar-refractivity contribution < 1.29 is 75.2 Å². The summed E-state index contributed by atoms with van der Waals surface area (Å²) in [7, 11) is 0. The molecule has 0 radical (unpaired) electrons. The smallest absolute Gasteiger partial charge is 0.542 e. The van der Waals surface area contributed by atoms with Crippen LogP contribution in [0.2, 0.25) is 0 Å². The van der Waals surface area contributed by atoms with Crippen LogP contribution in [0.1, 0.15) is 17.5 Å². The van der Waals surface area contributed by atoms with Crippen molar-refractivity contribution in [3.8, 4) is 5.75 Å². The molecule has 0 N–H and O–H groups in total. The van der Waals surface area contributed by atoms with Crippen LogP contribution in [0.3, 0.4) is 0 Å². The van der Waals surface area contributed by atoms with Crippen LogP contribution in [-0.2, 0) is 4.79 Å². The molecule has 1 aromatic heterocycles. The van der Waals surface area contributed by atoms with E-state index in [1.54, 1.807) is 0 Å². The van der Waals surface area contributed by atoms with Crippen molar-refractivity contribution in [2.75, 3.05) is 0 Å². The molecule has 0 atom stereocenters. The summed E-state index contributed by atoms with van der Waals surface area (Å²) in [5.74, 6) is -3.29. The minimum absolute atomic E-state index is 0. The molecule has 1 aromatic rings. The molecule has 0 bridgehead atoms. The van der Waals surface area contributed by atoms with Gasteiger partial charge in [-0.2, -0.15) is 0 Å². The number of carbonyl (C=O) groups excluding carboxylic acids is 2. The zero-order valence-electron chi connectivity index (χ0n) is 8.10. The molecule has 0 saturated heterocycles. The first-order valence-electron chi connectivity index (χ1n) is 3.54. The van der Waals surface area contributed by atoms with Crippen molar-refractivity contribution in [2.45, 2.75) is 6.92 Å². The third-order valence-electron chi connectivity index (χ3n) is 1.24. The van der Waals surface area contributed by atoms with Crippen molar-refractivity contribution in [2.24, 2.45) is 0 Å². The number of ether oxygens (including phenoxy) is 1. The van der Waals surface area contributed by atoms with Crippen molar-refractivity contribution in [1.29, 1.82) is 0 Å². The Bertz CT molecular complexity index is 435. The number of hydrogen-bond acceptors (Lipinski definition) is 6. The summed E-state index contributed by atoms with van der Waals surface area (Å²) in [6, 6.07) is 1.99. The summed E-state index contributed by atoms with van der Waals surface area (Å²) >= 11 is 0. The summed E-state index contributed by atoms with van der Waals surface area (Å²) in [6.07, 6.45) is 0. The van der Waals surface area contributed by atoms with Gasteiger partial charge >= 0.3 is 63.0 Å². The minimum Gasteiger partial charge on any atom is -0.542 e. The van der Waals surface area contributed by atoms with Crippen LogP contribution >= 0.6 is 0 Å². The number of aromatic carboxylic acids is 1. The molecule has 0 spiro atoms. The summed E-state index contributed by atoms with van der Waals surface area (Å²) in [4.78, 5) is 31.6. The number of carbonyl (C=O) groups is 2. The van der Waals surface area contributed by atoms with E-state index < -0.39 is 23.3 Å². The van der Waals surface area contributed by atoms with Crippen LogP contribution in [0.5, 0.6) is 5.75 Å². The topological polar surface area (TPSA) is 96.6 Å². The predicted molar refractivity (Wildman–Crippen MR) is 40.6 cm³/mol. The number of esters is 1. The number of hydrogen-bond donors (Lipinski definition) is 0. The normalized spacial score (nSPS) is 8.87. The van der Waals surface area contributed by atoms with E-state index in [1.807, 2.05) is 0 Å². The maximum atomic E-state index is 10.9. The second-order valence-electron chi connectivity index (χ2n) is 2.33. The zero-order chi connectivity index (χ0) is 10.7. The molecule has 0 aliphatic heterocycles. The van der Waals surface area contributed by atoms with E-state index in [1.165, 1.54) is 0 Å².